The number of nitrogens with zero attached hydrogens (tertiary/aromatic N) is 2. The normalized spacial score (nSPS) is 16.8. The van der Waals surface area contributed by atoms with Crippen LogP contribution < -0.4 is 0 Å². The van der Waals surface area contributed by atoms with Gasteiger partial charge in [0.1, 0.15) is 0 Å². The van der Waals surface area contributed by atoms with Crippen molar-refractivity contribution in [3.63, 3.8) is 0 Å². The molecule has 0 radical (unpaired) electrons. The molecule has 0 N–H and O–H groups in total. The summed E-state index contributed by atoms with van der Waals surface area (Å²) in [5.74, 6) is 0.307. The molecule has 0 bridgehead atoms. The molecule has 1 heterocycles. The number of allylic oxidation sites excluding steroid dienone is 2. The van der Waals surface area contributed by atoms with Gasteiger partial charge in [-0.15, -0.1) is 0 Å². The standard InChI is InChI=1S/C10H11FN2/c11-9-6-12-10(13-7-9)8-4-2-1-3-5-8/h4,6-7H,1-3,5H2. The maximum absolute atomic E-state index is 12.5. The average molecular weight is 178 g/mol. The first-order valence-corrected chi connectivity index (χ1v) is 4.53. The van der Waals surface area contributed by atoms with Gasteiger partial charge in [-0.25, -0.2) is 14.4 Å². The minimum Gasteiger partial charge on any atom is -0.234 e. The molecule has 0 unspecified atom stereocenters. The van der Waals surface area contributed by atoms with Crippen LogP contribution in [0.15, 0.2) is 18.5 Å². The second-order valence-corrected chi connectivity index (χ2v) is 3.20. The Morgan fingerprint density at radius 1 is 1.15 bits per heavy atom. The molecule has 1 aromatic rings. The van der Waals surface area contributed by atoms with E-state index in [4.69, 9.17) is 0 Å². The van der Waals surface area contributed by atoms with Gasteiger partial charge in [-0.3, -0.25) is 0 Å². The van der Waals surface area contributed by atoms with E-state index in [-0.39, 0.29) is 5.82 Å². The van der Waals surface area contributed by atoms with E-state index in [1.807, 2.05) is 0 Å². The van der Waals surface area contributed by atoms with E-state index in [1.165, 1.54) is 25.2 Å². The highest BCUT2D eigenvalue weighted by Crippen LogP contribution is 2.23. The van der Waals surface area contributed by atoms with Crippen LogP contribution in [-0.4, -0.2) is 9.97 Å². The molecule has 13 heavy (non-hydrogen) atoms. The van der Waals surface area contributed by atoms with Gasteiger partial charge in [-0.1, -0.05) is 6.08 Å². The molecule has 2 nitrogen and oxygen atoms in total. The summed E-state index contributed by atoms with van der Waals surface area (Å²) in [6, 6.07) is 0. The van der Waals surface area contributed by atoms with Crippen LogP contribution >= 0.6 is 0 Å². The van der Waals surface area contributed by atoms with Gasteiger partial charge in [0.25, 0.3) is 0 Å². The summed E-state index contributed by atoms with van der Waals surface area (Å²) in [5, 5.41) is 0. The summed E-state index contributed by atoms with van der Waals surface area (Å²) in [7, 11) is 0. The zero-order chi connectivity index (χ0) is 9.10. The highest BCUT2D eigenvalue weighted by molar-refractivity contribution is 5.59. The Bertz CT molecular complexity index is 316. The predicted molar refractivity (Wildman–Crippen MR) is 48.4 cm³/mol. The summed E-state index contributed by atoms with van der Waals surface area (Å²) in [4.78, 5) is 7.90. The zero-order valence-electron chi connectivity index (χ0n) is 7.33. The fraction of sp³-hybridized carbons (Fsp3) is 0.400. The Balaban J connectivity index is 2.24. The maximum atomic E-state index is 12.5. The number of rotatable bonds is 1. The Kier molecular flexibility index (Phi) is 2.34. The minimum absolute atomic E-state index is 0.375. The van der Waals surface area contributed by atoms with Gasteiger partial charge in [-0.2, -0.15) is 0 Å². The lowest BCUT2D eigenvalue weighted by Gasteiger charge is -2.10. The molecule has 0 aromatic carbocycles. The SMILES string of the molecule is Fc1cnc(C2=CCCCC2)nc1. The van der Waals surface area contributed by atoms with Crippen molar-refractivity contribution in [3.05, 3.63) is 30.1 Å². The van der Waals surface area contributed by atoms with Gasteiger partial charge in [-0.05, 0) is 31.3 Å². The fourth-order valence-electron chi connectivity index (χ4n) is 1.52. The monoisotopic (exact) mass is 178 g/mol. The number of aromatic nitrogens is 2. The smallest absolute Gasteiger partial charge is 0.159 e. The highest BCUT2D eigenvalue weighted by Gasteiger charge is 2.08. The van der Waals surface area contributed by atoms with Crippen molar-refractivity contribution in [2.75, 3.05) is 0 Å². The van der Waals surface area contributed by atoms with Crippen LogP contribution in [0.4, 0.5) is 4.39 Å². The lowest BCUT2D eigenvalue weighted by molar-refractivity contribution is 0.611. The van der Waals surface area contributed by atoms with Crippen LogP contribution in [0.5, 0.6) is 0 Å². The van der Waals surface area contributed by atoms with Crippen LogP contribution in [-0.2, 0) is 0 Å². The summed E-state index contributed by atoms with van der Waals surface area (Å²) in [6.45, 7) is 0. The third kappa shape index (κ3) is 1.91. The summed E-state index contributed by atoms with van der Waals surface area (Å²) in [5.41, 5.74) is 1.16. The average Bonchev–Trinajstić information content (AvgIpc) is 2.20. The lowest BCUT2D eigenvalue weighted by atomic mass is 9.99. The lowest BCUT2D eigenvalue weighted by Crippen LogP contribution is -1.97. The molecule has 1 aliphatic rings. The molecule has 0 saturated carbocycles. The van der Waals surface area contributed by atoms with Gasteiger partial charge >= 0.3 is 0 Å². The summed E-state index contributed by atoms with van der Waals surface area (Å²) in [6.07, 6.45) is 9.13. The van der Waals surface area contributed by atoms with Crippen LogP contribution in [0.1, 0.15) is 31.5 Å². The molecule has 2 rings (SSSR count). The predicted octanol–water partition coefficient (Wildman–Crippen LogP) is 2.57. The first-order valence-electron chi connectivity index (χ1n) is 4.53. The molecule has 0 fully saturated rings. The van der Waals surface area contributed by atoms with Crippen LogP contribution in [0.2, 0.25) is 0 Å². The van der Waals surface area contributed by atoms with E-state index >= 15 is 0 Å². The van der Waals surface area contributed by atoms with Gasteiger partial charge in [0.15, 0.2) is 11.6 Å². The van der Waals surface area contributed by atoms with Gasteiger partial charge < -0.3 is 0 Å². The van der Waals surface area contributed by atoms with E-state index in [9.17, 15) is 4.39 Å². The third-order valence-electron chi connectivity index (χ3n) is 2.20. The van der Waals surface area contributed by atoms with Crippen LogP contribution in [0.3, 0.4) is 0 Å². The molecule has 3 heteroatoms. The first kappa shape index (κ1) is 8.35. The van der Waals surface area contributed by atoms with Crippen molar-refractivity contribution < 1.29 is 4.39 Å². The van der Waals surface area contributed by atoms with Crippen molar-refractivity contribution in [2.24, 2.45) is 0 Å². The Morgan fingerprint density at radius 3 is 2.54 bits per heavy atom. The largest absolute Gasteiger partial charge is 0.234 e. The van der Waals surface area contributed by atoms with Gasteiger partial charge in [0.2, 0.25) is 0 Å². The van der Waals surface area contributed by atoms with E-state index in [0.717, 1.165) is 18.4 Å². The zero-order valence-corrected chi connectivity index (χ0v) is 7.33. The quantitative estimate of drug-likeness (QED) is 0.660. The molecular weight excluding hydrogens is 167 g/mol. The van der Waals surface area contributed by atoms with Crippen LogP contribution in [0.25, 0.3) is 5.57 Å². The Morgan fingerprint density at radius 2 is 1.92 bits per heavy atom. The first-order chi connectivity index (χ1) is 6.36. The topological polar surface area (TPSA) is 25.8 Å². The summed E-state index contributed by atoms with van der Waals surface area (Å²) >= 11 is 0. The number of hydrogen-bond acceptors (Lipinski definition) is 2. The molecule has 1 aliphatic carbocycles. The van der Waals surface area contributed by atoms with Crippen molar-refractivity contribution in [1.82, 2.24) is 9.97 Å². The molecule has 0 amide bonds. The number of hydrogen-bond donors (Lipinski definition) is 0. The van der Waals surface area contributed by atoms with E-state index in [2.05, 4.69) is 16.0 Å². The third-order valence-corrected chi connectivity index (χ3v) is 2.20. The maximum Gasteiger partial charge on any atom is 0.159 e. The molecular formula is C10H11FN2. The molecule has 0 saturated heterocycles. The van der Waals surface area contributed by atoms with E-state index in [1.54, 1.807) is 0 Å². The van der Waals surface area contributed by atoms with Crippen LogP contribution in [0, 0.1) is 5.82 Å². The second-order valence-electron chi connectivity index (χ2n) is 3.20. The molecule has 68 valence electrons. The van der Waals surface area contributed by atoms with Crippen molar-refractivity contribution >= 4 is 5.57 Å². The Labute approximate surface area is 76.5 Å². The van der Waals surface area contributed by atoms with Crippen molar-refractivity contribution in [2.45, 2.75) is 25.7 Å². The second kappa shape index (κ2) is 3.64. The van der Waals surface area contributed by atoms with E-state index < -0.39 is 0 Å². The molecule has 0 atom stereocenters. The number of halogens is 1. The Hall–Kier alpha value is -1.25. The van der Waals surface area contributed by atoms with E-state index in [0.29, 0.717) is 5.82 Å². The van der Waals surface area contributed by atoms with Gasteiger partial charge in [0.05, 0.1) is 12.4 Å². The van der Waals surface area contributed by atoms with Crippen molar-refractivity contribution in [3.8, 4) is 0 Å². The highest BCUT2D eigenvalue weighted by atomic mass is 19.1. The van der Waals surface area contributed by atoms with Crippen molar-refractivity contribution in [1.29, 1.82) is 0 Å². The minimum atomic E-state index is -0.375. The van der Waals surface area contributed by atoms with Gasteiger partial charge in [0, 0.05) is 0 Å². The molecule has 0 spiro atoms. The summed E-state index contributed by atoms with van der Waals surface area (Å²) < 4.78 is 12.5. The molecule has 0 aliphatic heterocycles. The fourth-order valence-corrected chi connectivity index (χ4v) is 1.52. The molecule has 1 aromatic heterocycles.